The van der Waals surface area contributed by atoms with Crippen LogP contribution in [0.2, 0.25) is 5.02 Å². The van der Waals surface area contributed by atoms with Gasteiger partial charge in [0.2, 0.25) is 5.95 Å². The molecule has 0 spiro atoms. The van der Waals surface area contributed by atoms with E-state index < -0.39 is 0 Å². The first-order valence-corrected chi connectivity index (χ1v) is 11.2. The van der Waals surface area contributed by atoms with Crippen molar-refractivity contribution in [3.05, 3.63) is 71.0 Å². The van der Waals surface area contributed by atoms with E-state index in [0.29, 0.717) is 16.8 Å². The summed E-state index contributed by atoms with van der Waals surface area (Å²) in [5.74, 6) is 1.13. The molecule has 2 N–H and O–H groups in total. The summed E-state index contributed by atoms with van der Waals surface area (Å²) < 4.78 is 5.44. The van der Waals surface area contributed by atoms with Gasteiger partial charge in [0.05, 0.1) is 30.6 Å². The van der Waals surface area contributed by atoms with Crippen LogP contribution in [-0.4, -0.2) is 51.4 Å². The van der Waals surface area contributed by atoms with Gasteiger partial charge < -0.3 is 15.4 Å². The molecule has 9 heteroatoms. The molecule has 168 valence electrons. The lowest BCUT2D eigenvalue weighted by atomic mass is 10.1. The van der Waals surface area contributed by atoms with E-state index in [2.05, 4.69) is 41.8 Å². The van der Waals surface area contributed by atoms with Gasteiger partial charge in [-0.3, -0.25) is 4.90 Å². The summed E-state index contributed by atoms with van der Waals surface area (Å²) >= 11 is 6.39. The molecule has 0 unspecified atom stereocenters. The van der Waals surface area contributed by atoms with E-state index >= 15 is 0 Å². The smallest absolute Gasteiger partial charge is 0.229 e. The number of hydrogen-bond donors (Lipinski definition) is 2. The largest absolute Gasteiger partial charge is 0.379 e. The Bertz CT molecular complexity index is 1280. The second kappa shape index (κ2) is 9.66. The Morgan fingerprint density at radius 1 is 1.09 bits per heavy atom. The SMILES string of the molecule is Cc1cccc2c(Nc3ccnc(Nc4cc(Cl)cc(CN5CCOCC5)c4)n3)cnnc12. The molecule has 4 aromatic rings. The van der Waals surface area contributed by atoms with Crippen molar-refractivity contribution in [2.75, 3.05) is 36.9 Å². The molecule has 0 radical (unpaired) electrons. The lowest BCUT2D eigenvalue weighted by Crippen LogP contribution is -2.35. The molecule has 1 aliphatic heterocycles. The predicted octanol–water partition coefficient (Wildman–Crippen LogP) is 4.70. The lowest BCUT2D eigenvalue weighted by molar-refractivity contribution is 0.0342. The summed E-state index contributed by atoms with van der Waals surface area (Å²) in [6, 6.07) is 13.8. The molecule has 3 heterocycles. The fraction of sp³-hybridized carbons (Fsp3) is 0.250. The van der Waals surface area contributed by atoms with Gasteiger partial charge in [-0.2, -0.15) is 15.2 Å². The number of fused-ring (bicyclic) bond motifs is 1. The van der Waals surface area contributed by atoms with Gasteiger partial charge in [0, 0.05) is 41.9 Å². The summed E-state index contributed by atoms with van der Waals surface area (Å²) in [4.78, 5) is 11.3. The van der Waals surface area contributed by atoms with Crippen LogP contribution in [0.1, 0.15) is 11.1 Å². The predicted molar refractivity (Wildman–Crippen MR) is 130 cm³/mol. The van der Waals surface area contributed by atoms with Crippen molar-refractivity contribution in [3.63, 3.8) is 0 Å². The first kappa shape index (κ1) is 21.5. The standard InChI is InChI=1S/C24H24ClN7O/c1-16-3-2-4-20-21(14-27-31-23(16)20)29-22-5-6-26-24(30-22)28-19-12-17(11-18(25)13-19)15-32-7-9-33-10-8-32/h2-6,11-14H,7-10,15H2,1H3,(H2,26,28,29,30,31). The number of benzene rings is 2. The Balaban J connectivity index is 1.34. The summed E-state index contributed by atoms with van der Waals surface area (Å²) in [7, 11) is 0. The average Bonchev–Trinajstić information content (AvgIpc) is 2.80. The third kappa shape index (κ3) is 5.19. The van der Waals surface area contributed by atoms with Gasteiger partial charge in [-0.15, -0.1) is 0 Å². The highest BCUT2D eigenvalue weighted by molar-refractivity contribution is 6.31. The third-order valence-corrected chi connectivity index (χ3v) is 5.73. The number of halogens is 1. The van der Waals surface area contributed by atoms with Crippen LogP contribution in [0.3, 0.4) is 0 Å². The Labute approximate surface area is 197 Å². The van der Waals surface area contributed by atoms with Crippen LogP contribution in [0.25, 0.3) is 10.9 Å². The topological polar surface area (TPSA) is 88.1 Å². The van der Waals surface area contributed by atoms with Crippen LogP contribution in [0.4, 0.5) is 23.1 Å². The fourth-order valence-electron chi connectivity index (χ4n) is 3.91. The molecule has 5 rings (SSSR count). The Kier molecular flexibility index (Phi) is 6.30. The highest BCUT2D eigenvalue weighted by Gasteiger charge is 2.12. The number of ether oxygens (including phenoxy) is 1. The van der Waals surface area contributed by atoms with E-state index in [1.54, 1.807) is 12.4 Å². The van der Waals surface area contributed by atoms with Crippen molar-refractivity contribution in [2.45, 2.75) is 13.5 Å². The van der Waals surface area contributed by atoms with Crippen LogP contribution < -0.4 is 10.6 Å². The molecule has 2 aromatic carbocycles. The summed E-state index contributed by atoms with van der Waals surface area (Å²) in [5.41, 5.74) is 4.74. The van der Waals surface area contributed by atoms with Crippen molar-refractivity contribution >= 4 is 45.6 Å². The maximum atomic E-state index is 6.39. The molecule has 0 saturated carbocycles. The Morgan fingerprint density at radius 2 is 1.97 bits per heavy atom. The zero-order valence-electron chi connectivity index (χ0n) is 18.3. The first-order valence-electron chi connectivity index (χ1n) is 10.8. The quantitative estimate of drug-likeness (QED) is 0.427. The van der Waals surface area contributed by atoms with E-state index in [1.807, 2.05) is 43.3 Å². The van der Waals surface area contributed by atoms with Crippen molar-refractivity contribution in [1.82, 2.24) is 25.1 Å². The number of nitrogens with zero attached hydrogens (tertiary/aromatic N) is 5. The van der Waals surface area contributed by atoms with Crippen molar-refractivity contribution < 1.29 is 4.74 Å². The highest BCUT2D eigenvalue weighted by atomic mass is 35.5. The molecule has 1 fully saturated rings. The van der Waals surface area contributed by atoms with Gasteiger partial charge in [-0.1, -0.05) is 29.8 Å². The van der Waals surface area contributed by atoms with Crippen LogP contribution in [0, 0.1) is 6.92 Å². The number of rotatable bonds is 6. The van der Waals surface area contributed by atoms with E-state index in [0.717, 1.165) is 66.3 Å². The number of aryl methyl sites for hydroxylation is 1. The maximum Gasteiger partial charge on any atom is 0.229 e. The van der Waals surface area contributed by atoms with Crippen LogP contribution in [0.15, 0.2) is 54.9 Å². The first-order chi connectivity index (χ1) is 16.1. The highest BCUT2D eigenvalue weighted by Crippen LogP contribution is 2.26. The minimum Gasteiger partial charge on any atom is -0.379 e. The van der Waals surface area contributed by atoms with Crippen molar-refractivity contribution in [1.29, 1.82) is 0 Å². The molecule has 0 amide bonds. The van der Waals surface area contributed by atoms with E-state index in [4.69, 9.17) is 16.3 Å². The van der Waals surface area contributed by atoms with Crippen molar-refractivity contribution in [2.24, 2.45) is 0 Å². The second-order valence-electron chi connectivity index (χ2n) is 7.98. The fourth-order valence-corrected chi connectivity index (χ4v) is 4.17. The van der Waals surface area contributed by atoms with Crippen LogP contribution >= 0.6 is 11.6 Å². The van der Waals surface area contributed by atoms with Gasteiger partial charge in [-0.05, 0) is 42.3 Å². The number of aromatic nitrogens is 4. The van der Waals surface area contributed by atoms with E-state index in [-0.39, 0.29) is 0 Å². The van der Waals surface area contributed by atoms with E-state index in [9.17, 15) is 0 Å². The monoisotopic (exact) mass is 461 g/mol. The van der Waals surface area contributed by atoms with Gasteiger partial charge in [-0.25, -0.2) is 4.98 Å². The number of nitrogens with one attached hydrogen (secondary N) is 2. The molecule has 8 nitrogen and oxygen atoms in total. The summed E-state index contributed by atoms with van der Waals surface area (Å²) in [6.07, 6.45) is 3.41. The van der Waals surface area contributed by atoms with Crippen molar-refractivity contribution in [3.8, 4) is 0 Å². The minimum absolute atomic E-state index is 0.474. The number of hydrogen-bond acceptors (Lipinski definition) is 8. The van der Waals surface area contributed by atoms with Gasteiger partial charge in [0.15, 0.2) is 0 Å². The number of anilines is 4. The molecular formula is C24H24ClN7O. The third-order valence-electron chi connectivity index (χ3n) is 5.51. The molecule has 1 saturated heterocycles. The molecule has 1 aliphatic rings. The lowest BCUT2D eigenvalue weighted by Gasteiger charge is -2.26. The van der Waals surface area contributed by atoms with E-state index in [1.165, 1.54) is 0 Å². The van der Waals surface area contributed by atoms with Crippen LogP contribution in [0.5, 0.6) is 0 Å². The number of morpholine rings is 1. The Hall–Kier alpha value is -3.33. The Morgan fingerprint density at radius 3 is 2.85 bits per heavy atom. The van der Waals surface area contributed by atoms with Gasteiger partial charge >= 0.3 is 0 Å². The summed E-state index contributed by atoms with van der Waals surface area (Å²) in [5, 5.41) is 16.7. The zero-order chi connectivity index (χ0) is 22.6. The second-order valence-corrected chi connectivity index (χ2v) is 8.42. The van der Waals surface area contributed by atoms with Gasteiger partial charge in [0.25, 0.3) is 0 Å². The average molecular weight is 462 g/mol. The van der Waals surface area contributed by atoms with Crippen LogP contribution in [-0.2, 0) is 11.3 Å². The molecular weight excluding hydrogens is 438 g/mol. The molecule has 0 bridgehead atoms. The molecule has 2 aromatic heterocycles. The molecule has 0 atom stereocenters. The molecule has 0 aliphatic carbocycles. The molecule has 33 heavy (non-hydrogen) atoms. The normalized spacial score (nSPS) is 14.4. The zero-order valence-corrected chi connectivity index (χ0v) is 19.0. The maximum absolute atomic E-state index is 6.39. The van der Waals surface area contributed by atoms with Gasteiger partial charge in [0.1, 0.15) is 5.82 Å². The summed E-state index contributed by atoms with van der Waals surface area (Å²) in [6.45, 7) is 6.21. The minimum atomic E-state index is 0.474.